The second kappa shape index (κ2) is 7.88. The van der Waals surface area contributed by atoms with Gasteiger partial charge in [0.1, 0.15) is 11.4 Å². The van der Waals surface area contributed by atoms with Gasteiger partial charge in [0.05, 0.1) is 5.69 Å². The molecule has 8 nitrogen and oxygen atoms in total. The first kappa shape index (κ1) is 18.2. The Hall–Kier alpha value is -3.85. The van der Waals surface area contributed by atoms with Crippen molar-refractivity contribution in [1.82, 2.24) is 39.3 Å². The quantitative estimate of drug-likeness (QED) is 0.310. The largest absolute Gasteiger partial charge is 0.298 e. The Bertz CT molecular complexity index is 1310. The van der Waals surface area contributed by atoms with E-state index in [0.29, 0.717) is 12.3 Å². The number of nitrogens with zero attached hydrogens (tertiary/aromatic N) is 8. The van der Waals surface area contributed by atoms with Crippen molar-refractivity contribution in [3.63, 3.8) is 0 Å². The van der Waals surface area contributed by atoms with E-state index in [1.54, 1.807) is 16.9 Å². The van der Waals surface area contributed by atoms with Crippen LogP contribution < -0.4 is 0 Å². The fourth-order valence-corrected chi connectivity index (χ4v) is 4.01. The van der Waals surface area contributed by atoms with Gasteiger partial charge >= 0.3 is 0 Å². The van der Waals surface area contributed by atoms with E-state index in [-0.39, 0.29) is 0 Å². The first-order valence-electron chi connectivity index (χ1n) is 9.22. The van der Waals surface area contributed by atoms with Gasteiger partial charge in [-0.2, -0.15) is 14.6 Å². The Morgan fingerprint density at radius 1 is 1.00 bits per heavy atom. The second-order valence-electron chi connectivity index (χ2n) is 6.36. The summed E-state index contributed by atoms with van der Waals surface area (Å²) in [7, 11) is 0. The molecule has 0 amide bonds. The molecule has 0 bridgehead atoms. The molecule has 0 N–H and O–H groups in total. The Balaban J connectivity index is 1.60. The maximum Gasteiger partial charge on any atom is 0.253 e. The Morgan fingerprint density at radius 3 is 2.63 bits per heavy atom. The van der Waals surface area contributed by atoms with Crippen molar-refractivity contribution in [2.45, 2.75) is 16.7 Å². The van der Waals surface area contributed by atoms with Gasteiger partial charge in [-0.15, -0.1) is 16.8 Å². The van der Waals surface area contributed by atoms with Crippen molar-refractivity contribution in [2.75, 3.05) is 0 Å². The van der Waals surface area contributed by atoms with Crippen LogP contribution >= 0.6 is 11.8 Å². The minimum Gasteiger partial charge on any atom is -0.298 e. The second-order valence-corrected chi connectivity index (χ2v) is 7.35. The van der Waals surface area contributed by atoms with E-state index in [1.807, 2.05) is 59.2 Å². The van der Waals surface area contributed by atoms with E-state index in [1.165, 1.54) is 18.1 Å². The van der Waals surface area contributed by atoms with E-state index >= 15 is 0 Å². The standard InChI is InChI=1S/C21H16N8S/c1-2-12-28-19(16-8-10-22-11-9-16)26-27-21(28)30-18-13-17(15-6-4-3-5-7-15)25-20-23-14-24-29(18)20/h2-11,13-14H,1,12H2. The van der Waals surface area contributed by atoms with E-state index < -0.39 is 0 Å². The van der Waals surface area contributed by atoms with Crippen molar-refractivity contribution in [3.05, 3.63) is 79.9 Å². The first-order valence-corrected chi connectivity index (χ1v) is 10.0. The maximum absolute atomic E-state index is 4.63. The molecule has 4 aromatic heterocycles. The van der Waals surface area contributed by atoms with Crippen LogP contribution in [0.5, 0.6) is 0 Å². The SMILES string of the molecule is C=CCn1c(Sc2cc(-c3ccccc3)nc3ncnn23)nnc1-c1ccncc1. The van der Waals surface area contributed by atoms with Crippen molar-refractivity contribution < 1.29 is 0 Å². The number of pyridine rings is 1. The third-order valence-corrected chi connectivity index (χ3v) is 5.44. The molecule has 146 valence electrons. The Kier molecular flexibility index (Phi) is 4.78. The van der Waals surface area contributed by atoms with E-state index in [0.717, 1.165) is 32.8 Å². The summed E-state index contributed by atoms with van der Waals surface area (Å²) < 4.78 is 3.72. The van der Waals surface area contributed by atoms with Gasteiger partial charge in [-0.1, -0.05) is 36.4 Å². The molecule has 9 heteroatoms. The number of hydrogen-bond acceptors (Lipinski definition) is 7. The number of hydrogen-bond donors (Lipinski definition) is 0. The zero-order chi connectivity index (χ0) is 20.3. The van der Waals surface area contributed by atoms with Gasteiger partial charge in [-0.25, -0.2) is 4.98 Å². The molecule has 5 rings (SSSR count). The van der Waals surface area contributed by atoms with Crippen molar-refractivity contribution >= 4 is 17.5 Å². The molecule has 0 aliphatic heterocycles. The van der Waals surface area contributed by atoms with Crippen LogP contribution in [0.1, 0.15) is 0 Å². The van der Waals surface area contributed by atoms with Crippen molar-refractivity contribution in [1.29, 1.82) is 0 Å². The van der Waals surface area contributed by atoms with Gasteiger partial charge in [0, 0.05) is 30.1 Å². The zero-order valence-electron chi connectivity index (χ0n) is 15.8. The van der Waals surface area contributed by atoms with Crippen LogP contribution in [-0.4, -0.2) is 39.3 Å². The van der Waals surface area contributed by atoms with Gasteiger partial charge in [0.15, 0.2) is 11.0 Å². The predicted octanol–water partition coefficient (Wildman–Crippen LogP) is 3.78. The molecule has 0 spiro atoms. The molecule has 0 aliphatic rings. The predicted molar refractivity (Wildman–Crippen MR) is 114 cm³/mol. The molecule has 30 heavy (non-hydrogen) atoms. The van der Waals surface area contributed by atoms with E-state index in [4.69, 9.17) is 0 Å². The lowest BCUT2D eigenvalue weighted by molar-refractivity contribution is 0.727. The molecular formula is C21H16N8S. The summed E-state index contributed by atoms with van der Waals surface area (Å²) in [5.74, 6) is 1.29. The third kappa shape index (κ3) is 3.35. The molecule has 0 atom stereocenters. The van der Waals surface area contributed by atoms with Crippen molar-refractivity contribution in [2.24, 2.45) is 0 Å². The average molecular weight is 412 g/mol. The minimum absolute atomic E-state index is 0.531. The van der Waals surface area contributed by atoms with Crippen LogP contribution in [0.2, 0.25) is 0 Å². The highest BCUT2D eigenvalue weighted by Crippen LogP contribution is 2.31. The summed E-state index contributed by atoms with van der Waals surface area (Å²) in [6.45, 7) is 4.45. The lowest BCUT2D eigenvalue weighted by Crippen LogP contribution is -2.02. The molecule has 0 aliphatic carbocycles. The molecule has 0 fully saturated rings. The Labute approximate surface area is 176 Å². The molecule has 0 radical (unpaired) electrons. The highest BCUT2D eigenvalue weighted by molar-refractivity contribution is 7.99. The fourth-order valence-electron chi connectivity index (χ4n) is 3.08. The van der Waals surface area contributed by atoms with Crippen LogP contribution in [0.15, 0.2) is 90.1 Å². The number of fused-ring (bicyclic) bond motifs is 1. The third-order valence-electron chi connectivity index (χ3n) is 4.45. The molecule has 5 aromatic rings. The summed E-state index contributed by atoms with van der Waals surface area (Å²) in [5.41, 5.74) is 2.77. The van der Waals surface area contributed by atoms with Crippen LogP contribution in [0.4, 0.5) is 0 Å². The summed E-state index contributed by atoms with van der Waals surface area (Å²) in [6.07, 6.45) is 6.80. The number of allylic oxidation sites excluding steroid dienone is 1. The maximum atomic E-state index is 4.63. The molecule has 1 aromatic carbocycles. The molecular weight excluding hydrogens is 396 g/mol. The first-order chi connectivity index (χ1) is 14.8. The smallest absolute Gasteiger partial charge is 0.253 e. The highest BCUT2D eigenvalue weighted by atomic mass is 32.2. The van der Waals surface area contributed by atoms with Crippen LogP contribution in [0.3, 0.4) is 0 Å². The van der Waals surface area contributed by atoms with Crippen molar-refractivity contribution in [3.8, 4) is 22.6 Å². The molecule has 0 saturated carbocycles. The number of rotatable bonds is 6. The van der Waals surface area contributed by atoms with Gasteiger partial charge < -0.3 is 0 Å². The zero-order valence-corrected chi connectivity index (χ0v) is 16.6. The lowest BCUT2D eigenvalue weighted by atomic mass is 10.1. The average Bonchev–Trinajstić information content (AvgIpc) is 3.43. The summed E-state index contributed by atoms with van der Waals surface area (Å²) >= 11 is 1.46. The van der Waals surface area contributed by atoms with Gasteiger partial charge in [-0.3, -0.25) is 9.55 Å². The highest BCUT2D eigenvalue weighted by Gasteiger charge is 2.17. The molecule has 4 heterocycles. The fraction of sp³-hybridized carbons (Fsp3) is 0.0476. The van der Waals surface area contributed by atoms with Gasteiger partial charge in [0.2, 0.25) is 0 Å². The number of benzene rings is 1. The normalized spacial score (nSPS) is 11.1. The van der Waals surface area contributed by atoms with E-state index in [9.17, 15) is 0 Å². The minimum atomic E-state index is 0.531. The summed E-state index contributed by atoms with van der Waals surface area (Å²) in [4.78, 5) is 13.0. The topological polar surface area (TPSA) is 86.7 Å². The summed E-state index contributed by atoms with van der Waals surface area (Å²) in [6, 6.07) is 15.8. The van der Waals surface area contributed by atoms with E-state index in [2.05, 4.69) is 36.8 Å². The molecule has 0 saturated heterocycles. The van der Waals surface area contributed by atoms with Gasteiger partial charge in [-0.05, 0) is 30.0 Å². The summed E-state index contributed by atoms with van der Waals surface area (Å²) in [5, 5.41) is 14.7. The number of aromatic nitrogens is 8. The lowest BCUT2D eigenvalue weighted by Gasteiger charge is -2.09. The Morgan fingerprint density at radius 2 is 1.83 bits per heavy atom. The van der Waals surface area contributed by atoms with Gasteiger partial charge in [0.25, 0.3) is 5.78 Å². The van der Waals surface area contributed by atoms with Crippen LogP contribution in [0, 0.1) is 0 Å². The van der Waals surface area contributed by atoms with Crippen LogP contribution in [-0.2, 0) is 6.54 Å². The molecule has 0 unspecified atom stereocenters. The monoisotopic (exact) mass is 412 g/mol. The van der Waals surface area contributed by atoms with Crippen LogP contribution in [0.25, 0.3) is 28.4 Å².